The van der Waals surface area contributed by atoms with E-state index in [0.717, 1.165) is 37.1 Å². The normalized spacial score (nSPS) is 19.3. The van der Waals surface area contributed by atoms with Gasteiger partial charge in [-0.25, -0.2) is 14.4 Å². The Hall–Kier alpha value is -2.54. The zero-order valence-corrected chi connectivity index (χ0v) is 14.1. The highest BCUT2D eigenvalue weighted by Crippen LogP contribution is 2.29. The van der Waals surface area contributed by atoms with Gasteiger partial charge in [0.2, 0.25) is 0 Å². The number of H-pyrrole nitrogens is 1. The molecule has 132 valence electrons. The number of halogens is 1. The molecular formula is C18H23FN6. The number of piperidine rings is 1. The molecule has 0 radical (unpaired) electrons. The van der Waals surface area contributed by atoms with Gasteiger partial charge in [-0.05, 0) is 49.9 Å². The van der Waals surface area contributed by atoms with Crippen molar-refractivity contribution in [2.45, 2.75) is 25.8 Å². The van der Waals surface area contributed by atoms with Crippen molar-refractivity contribution in [2.75, 3.05) is 18.0 Å². The van der Waals surface area contributed by atoms with Gasteiger partial charge in [0.1, 0.15) is 11.5 Å². The second-order valence-electron chi connectivity index (χ2n) is 6.68. The lowest BCUT2D eigenvalue weighted by Crippen LogP contribution is -2.42. The van der Waals surface area contributed by atoms with Crippen LogP contribution in [0, 0.1) is 11.7 Å². The maximum absolute atomic E-state index is 14.5. The largest absolute Gasteiger partial charge is 0.356 e. The first kappa shape index (κ1) is 16.0. The van der Waals surface area contributed by atoms with E-state index in [1.165, 1.54) is 6.07 Å². The van der Waals surface area contributed by atoms with E-state index in [0.29, 0.717) is 17.3 Å². The number of nitrogens with zero attached hydrogens (tertiary/aromatic N) is 4. The third-order valence-corrected chi connectivity index (χ3v) is 4.92. The van der Waals surface area contributed by atoms with Gasteiger partial charge in [-0.3, -0.25) is 5.10 Å². The van der Waals surface area contributed by atoms with Crippen LogP contribution in [0.3, 0.4) is 0 Å². The molecule has 0 aromatic carbocycles. The summed E-state index contributed by atoms with van der Waals surface area (Å²) in [7, 11) is 0. The zero-order valence-electron chi connectivity index (χ0n) is 14.1. The summed E-state index contributed by atoms with van der Waals surface area (Å²) in [5.74, 6) is 0.827. The molecule has 4 heterocycles. The molecule has 0 spiro atoms. The maximum Gasteiger partial charge on any atom is 0.181 e. The van der Waals surface area contributed by atoms with Gasteiger partial charge >= 0.3 is 0 Å². The summed E-state index contributed by atoms with van der Waals surface area (Å²) in [5, 5.41) is 7.78. The SMILES string of the molecule is CC(N)[C@H]1CCCN(c2ccc(F)c(-c3[nH]nc4ncccc34)n2)C1.[HH]. The Morgan fingerprint density at radius 2 is 2.28 bits per heavy atom. The smallest absolute Gasteiger partial charge is 0.181 e. The summed E-state index contributed by atoms with van der Waals surface area (Å²) in [6.45, 7) is 3.80. The zero-order chi connectivity index (χ0) is 17.4. The minimum atomic E-state index is -0.376. The Balaban J connectivity index is 0.00000196. The molecule has 1 saturated heterocycles. The van der Waals surface area contributed by atoms with Gasteiger partial charge in [0.05, 0.1) is 5.69 Å². The van der Waals surface area contributed by atoms with E-state index < -0.39 is 0 Å². The molecule has 1 aliphatic heterocycles. The van der Waals surface area contributed by atoms with Crippen molar-refractivity contribution in [1.82, 2.24) is 20.2 Å². The van der Waals surface area contributed by atoms with E-state index >= 15 is 0 Å². The molecule has 2 atom stereocenters. The highest BCUT2D eigenvalue weighted by molar-refractivity contribution is 5.89. The van der Waals surface area contributed by atoms with Crippen LogP contribution in [-0.2, 0) is 0 Å². The Kier molecular flexibility index (Phi) is 4.09. The van der Waals surface area contributed by atoms with Gasteiger partial charge in [0.15, 0.2) is 11.5 Å². The highest BCUT2D eigenvalue weighted by Gasteiger charge is 2.24. The molecule has 1 fully saturated rings. The van der Waals surface area contributed by atoms with Crippen molar-refractivity contribution in [3.63, 3.8) is 0 Å². The van der Waals surface area contributed by atoms with Gasteiger partial charge < -0.3 is 10.6 Å². The lowest BCUT2D eigenvalue weighted by Gasteiger charge is -2.35. The van der Waals surface area contributed by atoms with Gasteiger partial charge in [-0.15, -0.1) is 0 Å². The fourth-order valence-electron chi connectivity index (χ4n) is 3.46. The second-order valence-corrected chi connectivity index (χ2v) is 6.68. The molecular weight excluding hydrogens is 319 g/mol. The number of aromatic nitrogens is 4. The van der Waals surface area contributed by atoms with E-state index in [2.05, 4.69) is 25.1 Å². The average Bonchev–Trinajstić information content (AvgIpc) is 3.06. The number of hydrogen-bond acceptors (Lipinski definition) is 5. The van der Waals surface area contributed by atoms with Crippen LogP contribution < -0.4 is 10.6 Å². The molecule has 3 aromatic heterocycles. The first-order valence-electron chi connectivity index (χ1n) is 8.60. The maximum atomic E-state index is 14.5. The van der Waals surface area contributed by atoms with Crippen molar-refractivity contribution < 1.29 is 5.82 Å². The van der Waals surface area contributed by atoms with Gasteiger partial charge in [-0.2, -0.15) is 5.10 Å². The van der Waals surface area contributed by atoms with E-state index in [-0.39, 0.29) is 19.0 Å². The predicted octanol–water partition coefficient (Wildman–Crippen LogP) is 2.97. The molecule has 0 aliphatic carbocycles. The lowest BCUT2D eigenvalue weighted by atomic mass is 9.92. The minimum Gasteiger partial charge on any atom is -0.356 e. The van der Waals surface area contributed by atoms with Crippen LogP contribution in [0.15, 0.2) is 30.5 Å². The molecule has 0 amide bonds. The number of nitrogens with two attached hydrogens (primary N) is 1. The van der Waals surface area contributed by atoms with E-state index in [1.807, 2.05) is 13.0 Å². The van der Waals surface area contributed by atoms with Crippen LogP contribution in [0.5, 0.6) is 0 Å². The molecule has 3 N–H and O–H groups in total. The molecule has 0 saturated carbocycles. The Morgan fingerprint density at radius 3 is 3.12 bits per heavy atom. The first-order chi connectivity index (χ1) is 12.1. The molecule has 1 unspecified atom stereocenters. The summed E-state index contributed by atoms with van der Waals surface area (Å²) >= 11 is 0. The number of pyridine rings is 2. The average molecular weight is 342 g/mol. The lowest BCUT2D eigenvalue weighted by molar-refractivity contribution is 0.363. The van der Waals surface area contributed by atoms with Crippen molar-refractivity contribution in [3.8, 4) is 11.4 Å². The molecule has 0 bridgehead atoms. The number of anilines is 1. The van der Waals surface area contributed by atoms with E-state index in [1.54, 1.807) is 18.3 Å². The number of rotatable bonds is 3. The third-order valence-electron chi connectivity index (χ3n) is 4.92. The summed E-state index contributed by atoms with van der Waals surface area (Å²) in [5.41, 5.74) is 7.46. The van der Waals surface area contributed by atoms with Crippen LogP contribution >= 0.6 is 0 Å². The summed E-state index contributed by atoms with van der Waals surface area (Å²) in [6.07, 6.45) is 3.85. The van der Waals surface area contributed by atoms with Gasteiger partial charge in [0, 0.05) is 32.1 Å². The van der Waals surface area contributed by atoms with Crippen LogP contribution in [0.1, 0.15) is 21.2 Å². The molecule has 7 heteroatoms. The fourth-order valence-corrected chi connectivity index (χ4v) is 3.46. The Bertz CT molecular complexity index is 896. The number of hydrogen-bond donors (Lipinski definition) is 2. The van der Waals surface area contributed by atoms with Crippen molar-refractivity contribution in [3.05, 3.63) is 36.3 Å². The number of nitrogens with one attached hydrogen (secondary N) is 1. The second kappa shape index (κ2) is 6.40. The Morgan fingerprint density at radius 1 is 1.40 bits per heavy atom. The van der Waals surface area contributed by atoms with Crippen molar-refractivity contribution in [1.29, 1.82) is 0 Å². The minimum absolute atomic E-state index is 0. The van der Waals surface area contributed by atoms with Gasteiger partial charge in [-0.1, -0.05) is 0 Å². The van der Waals surface area contributed by atoms with E-state index in [4.69, 9.17) is 5.73 Å². The van der Waals surface area contributed by atoms with Crippen molar-refractivity contribution >= 4 is 16.9 Å². The summed E-state index contributed by atoms with van der Waals surface area (Å²) in [6, 6.07) is 7.02. The summed E-state index contributed by atoms with van der Waals surface area (Å²) in [4.78, 5) is 11.0. The molecule has 3 aromatic rings. The predicted molar refractivity (Wildman–Crippen MR) is 97.8 cm³/mol. The monoisotopic (exact) mass is 342 g/mol. The molecule has 6 nitrogen and oxygen atoms in total. The molecule has 1 aliphatic rings. The first-order valence-corrected chi connectivity index (χ1v) is 8.60. The standard InChI is InChI=1S/C18H21FN6.H2/c1-11(20)12-4-3-9-25(10-12)15-7-6-14(19)17(22-15)16-13-5-2-8-21-18(13)24-23-16;/h2,5-8,11-12H,3-4,9-10,20H2,1H3,(H,21,23,24);1H/t11?,12-;/m0./s1. The quantitative estimate of drug-likeness (QED) is 0.764. The van der Waals surface area contributed by atoms with E-state index in [9.17, 15) is 4.39 Å². The Labute approximate surface area is 146 Å². The fraction of sp³-hybridized carbons (Fsp3) is 0.389. The molecule has 4 rings (SSSR count). The highest BCUT2D eigenvalue weighted by atomic mass is 19.1. The third kappa shape index (κ3) is 2.95. The van der Waals surface area contributed by atoms with Crippen molar-refractivity contribution in [2.24, 2.45) is 11.7 Å². The van der Waals surface area contributed by atoms with Crippen LogP contribution in [-0.4, -0.2) is 39.3 Å². The van der Waals surface area contributed by atoms with Crippen LogP contribution in [0.4, 0.5) is 10.2 Å². The molecule has 25 heavy (non-hydrogen) atoms. The van der Waals surface area contributed by atoms with Crippen LogP contribution in [0.25, 0.3) is 22.4 Å². The number of aromatic amines is 1. The topological polar surface area (TPSA) is 83.7 Å². The number of fused-ring (bicyclic) bond motifs is 1. The summed E-state index contributed by atoms with van der Waals surface area (Å²) < 4.78 is 14.5. The van der Waals surface area contributed by atoms with Gasteiger partial charge in [0.25, 0.3) is 0 Å². The van der Waals surface area contributed by atoms with Crippen LogP contribution in [0.2, 0.25) is 0 Å².